The van der Waals surface area contributed by atoms with Crippen molar-refractivity contribution in [2.45, 2.75) is 32.7 Å². The van der Waals surface area contributed by atoms with Crippen LogP contribution in [0.1, 0.15) is 43.9 Å². The Labute approximate surface area is 236 Å². The van der Waals surface area contributed by atoms with Crippen molar-refractivity contribution in [1.29, 1.82) is 0 Å². The van der Waals surface area contributed by atoms with E-state index in [2.05, 4.69) is 4.98 Å². The van der Waals surface area contributed by atoms with Crippen molar-refractivity contribution in [3.05, 3.63) is 83.4 Å². The van der Waals surface area contributed by atoms with Crippen LogP contribution in [0.25, 0.3) is 16.0 Å². The van der Waals surface area contributed by atoms with E-state index in [9.17, 15) is 14.7 Å². The molecule has 1 unspecified atom stereocenters. The molecular weight excluding hydrogens is 528 g/mol. The zero-order valence-corrected chi connectivity index (χ0v) is 23.4. The highest BCUT2D eigenvalue weighted by atomic mass is 32.1. The van der Waals surface area contributed by atoms with E-state index in [0.717, 1.165) is 17.5 Å². The predicted molar refractivity (Wildman–Crippen MR) is 155 cm³/mol. The summed E-state index contributed by atoms with van der Waals surface area (Å²) in [6, 6.07) is 18.6. The maximum atomic E-state index is 13.6. The molecule has 2 heterocycles. The maximum absolute atomic E-state index is 13.6. The van der Waals surface area contributed by atoms with Gasteiger partial charge in [-0.2, -0.15) is 0 Å². The van der Waals surface area contributed by atoms with Crippen LogP contribution < -0.4 is 19.1 Å². The number of thiazole rings is 1. The summed E-state index contributed by atoms with van der Waals surface area (Å²) >= 11 is 1.28. The molecule has 9 heteroatoms. The Morgan fingerprint density at radius 2 is 1.62 bits per heavy atom. The molecular formula is C31H30N2O6S. The molecule has 1 N–H and O–H groups in total. The third-order valence-electron chi connectivity index (χ3n) is 6.48. The molecule has 206 valence electrons. The second-order valence-corrected chi connectivity index (χ2v) is 10.3. The summed E-state index contributed by atoms with van der Waals surface area (Å²) in [5, 5.41) is 11.8. The molecule has 0 bridgehead atoms. The summed E-state index contributed by atoms with van der Waals surface area (Å²) < 4.78 is 17.6. The molecule has 4 aromatic rings. The lowest BCUT2D eigenvalue weighted by atomic mass is 9.95. The molecule has 0 aliphatic carbocycles. The van der Waals surface area contributed by atoms with Gasteiger partial charge in [0.05, 0.1) is 42.2 Å². The van der Waals surface area contributed by atoms with E-state index in [1.807, 2.05) is 19.9 Å². The highest BCUT2D eigenvalue weighted by Crippen LogP contribution is 2.45. The van der Waals surface area contributed by atoms with Crippen molar-refractivity contribution < 1.29 is 28.9 Å². The second-order valence-electron chi connectivity index (χ2n) is 9.29. The molecule has 1 saturated heterocycles. The topological polar surface area (TPSA) is 98.2 Å². The Morgan fingerprint density at radius 3 is 2.33 bits per heavy atom. The Morgan fingerprint density at radius 1 is 0.925 bits per heavy atom. The Kier molecular flexibility index (Phi) is 8.02. The fourth-order valence-corrected chi connectivity index (χ4v) is 5.56. The molecule has 40 heavy (non-hydrogen) atoms. The maximum Gasteiger partial charge on any atom is 0.301 e. The molecule has 1 fully saturated rings. The van der Waals surface area contributed by atoms with Crippen LogP contribution in [0.4, 0.5) is 5.13 Å². The number of carbonyl (C=O) groups excluding carboxylic acids is 2. The van der Waals surface area contributed by atoms with Crippen LogP contribution >= 0.6 is 11.3 Å². The smallest absolute Gasteiger partial charge is 0.301 e. The van der Waals surface area contributed by atoms with Crippen LogP contribution in [0, 0.1) is 0 Å². The predicted octanol–water partition coefficient (Wildman–Crippen LogP) is 6.51. The minimum absolute atomic E-state index is 0.0169. The average Bonchev–Trinajstić information content (AvgIpc) is 3.52. The minimum Gasteiger partial charge on any atom is -0.507 e. The molecule has 0 spiro atoms. The van der Waals surface area contributed by atoms with E-state index in [-0.39, 0.29) is 11.3 Å². The first-order valence-corrected chi connectivity index (χ1v) is 14.0. The van der Waals surface area contributed by atoms with Gasteiger partial charge in [-0.1, -0.05) is 49.4 Å². The van der Waals surface area contributed by atoms with E-state index in [4.69, 9.17) is 14.2 Å². The van der Waals surface area contributed by atoms with Crippen molar-refractivity contribution in [2.24, 2.45) is 0 Å². The number of Topliss-reactive ketones (excluding diaryl/α,β-unsaturated/α-hetero) is 1. The average molecular weight is 559 g/mol. The number of rotatable bonds is 10. The highest BCUT2D eigenvalue weighted by molar-refractivity contribution is 7.22. The summed E-state index contributed by atoms with van der Waals surface area (Å²) in [5.41, 5.74) is 1.68. The third kappa shape index (κ3) is 5.24. The monoisotopic (exact) mass is 558 g/mol. The van der Waals surface area contributed by atoms with Crippen LogP contribution in [0.2, 0.25) is 0 Å². The lowest BCUT2D eigenvalue weighted by Crippen LogP contribution is -2.29. The number of anilines is 1. The van der Waals surface area contributed by atoms with Crippen LogP contribution in [-0.2, 0) is 9.59 Å². The van der Waals surface area contributed by atoms with Gasteiger partial charge in [0.15, 0.2) is 5.13 Å². The summed E-state index contributed by atoms with van der Waals surface area (Å²) in [6.07, 6.45) is 1.69. The minimum atomic E-state index is -0.900. The Bertz CT molecular complexity index is 1580. The number of ether oxygens (including phenoxy) is 3. The van der Waals surface area contributed by atoms with E-state index in [1.54, 1.807) is 67.8 Å². The van der Waals surface area contributed by atoms with E-state index < -0.39 is 17.7 Å². The van der Waals surface area contributed by atoms with Gasteiger partial charge in [0.1, 0.15) is 23.0 Å². The SMILES string of the molecule is CCCOc1ccc(C2/C(=C(\O)c3cccc(OCCC)c3)C(=O)C(=O)N2c2nc3ccc(OC)cc3s2)cc1. The number of carbonyl (C=O) groups is 2. The second kappa shape index (κ2) is 11.8. The molecule has 1 amide bonds. The molecule has 1 aliphatic rings. The number of methoxy groups -OCH3 is 1. The van der Waals surface area contributed by atoms with E-state index >= 15 is 0 Å². The number of aliphatic hydroxyl groups is 1. The highest BCUT2D eigenvalue weighted by Gasteiger charge is 2.48. The van der Waals surface area contributed by atoms with Crippen molar-refractivity contribution in [1.82, 2.24) is 4.98 Å². The molecule has 1 aromatic heterocycles. The number of hydrogen-bond acceptors (Lipinski definition) is 8. The number of aliphatic hydroxyl groups excluding tert-OH is 1. The van der Waals surface area contributed by atoms with Gasteiger partial charge in [-0.15, -0.1) is 0 Å². The first-order chi connectivity index (χ1) is 19.4. The fourth-order valence-electron chi connectivity index (χ4n) is 4.54. The third-order valence-corrected chi connectivity index (χ3v) is 7.50. The number of benzene rings is 3. The van der Waals surface area contributed by atoms with Gasteiger partial charge in [0.2, 0.25) is 0 Å². The lowest BCUT2D eigenvalue weighted by Gasteiger charge is -2.23. The molecule has 3 aromatic carbocycles. The number of ketones is 1. The number of hydrogen-bond donors (Lipinski definition) is 1. The molecule has 5 rings (SSSR count). The fraction of sp³-hybridized carbons (Fsp3) is 0.258. The number of fused-ring (bicyclic) bond motifs is 1. The molecule has 8 nitrogen and oxygen atoms in total. The Hall–Kier alpha value is -4.37. The van der Waals surface area contributed by atoms with Gasteiger partial charge in [0, 0.05) is 5.56 Å². The van der Waals surface area contributed by atoms with Crippen molar-refractivity contribution in [2.75, 3.05) is 25.2 Å². The van der Waals surface area contributed by atoms with E-state index in [0.29, 0.717) is 52.2 Å². The van der Waals surface area contributed by atoms with Gasteiger partial charge in [-0.3, -0.25) is 14.5 Å². The van der Waals surface area contributed by atoms with Crippen LogP contribution in [0.5, 0.6) is 17.2 Å². The standard InChI is InChI=1S/C31H30N2O6S/c1-4-15-38-21-11-9-19(10-12-21)27-26(28(34)20-7-6-8-23(17-20)39-16-5-2)29(35)30(36)33(27)31-32-24-14-13-22(37-3)18-25(24)40-31/h6-14,17-18,27,34H,4-5,15-16H2,1-3H3/b28-26+. The number of nitrogens with zero attached hydrogens (tertiary/aromatic N) is 2. The number of aromatic nitrogens is 1. The number of amides is 1. The lowest BCUT2D eigenvalue weighted by molar-refractivity contribution is -0.132. The summed E-state index contributed by atoms with van der Waals surface area (Å²) in [5.74, 6) is 0.0773. The van der Waals surface area contributed by atoms with Crippen LogP contribution in [0.15, 0.2) is 72.3 Å². The Balaban J connectivity index is 1.64. The summed E-state index contributed by atoms with van der Waals surface area (Å²) in [6.45, 7) is 5.12. The van der Waals surface area contributed by atoms with Gasteiger partial charge in [0.25, 0.3) is 5.78 Å². The molecule has 1 atom stereocenters. The van der Waals surface area contributed by atoms with Gasteiger partial charge >= 0.3 is 5.91 Å². The summed E-state index contributed by atoms with van der Waals surface area (Å²) in [7, 11) is 1.58. The normalized spacial score (nSPS) is 16.5. The molecule has 1 aliphatic heterocycles. The zero-order valence-electron chi connectivity index (χ0n) is 22.5. The van der Waals surface area contributed by atoms with Crippen LogP contribution in [-0.4, -0.2) is 42.1 Å². The van der Waals surface area contributed by atoms with Gasteiger partial charge in [-0.05, 0) is 60.9 Å². The van der Waals surface area contributed by atoms with E-state index in [1.165, 1.54) is 16.2 Å². The van der Waals surface area contributed by atoms with Crippen molar-refractivity contribution in [3.8, 4) is 17.2 Å². The zero-order chi connectivity index (χ0) is 28.2. The van der Waals surface area contributed by atoms with Crippen molar-refractivity contribution >= 4 is 44.1 Å². The van der Waals surface area contributed by atoms with Gasteiger partial charge < -0.3 is 19.3 Å². The first-order valence-electron chi connectivity index (χ1n) is 13.2. The van der Waals surface area contributed by atoms with Crippen LogP contribution in [0.3, 0.4) is 0 Å². The van der Waals surface area contributed by atoms with Crippen molar-refractivity contribution in [3.63, 3.8) is 0 Å². The summed E-state index contributed by atoms with van der Waals surface area (Å²) in [4.78, 5) is 33.2. The molecule has 0 saturated carbocycles. The molecule has 0 radical (unpaired) electrons. The van der Waals surface area contributed by atoms with Gasteiger partial charge in [-0.25, -0.2) is 4.98 Å². The largest absolute Gasteiger partial charge is 0.507 e. The first kappa shape index (κ1) is 27.2. The quantitative estimate of drug-likeness (QED) is 0.135.